The third-order valence-electron chi connectivity index (χ3n) is 15.8. The van der Waals surface area contributed by atoms with Gasteiger partial charge >= 0.3 is 12.1 Å². The zero-order valence-corrected chi connectivity index (χ0v) is 42.1. The van der Waals surface area contributed by atoms with Crippen molar-refractivity contribution >= 4 is 35.5 Å². The van der Waals surface area contributed by atoms with Crippen LogP contribution in [-0.4, -0.2) is 97.7 Å². The fourth-order valence-electron chi connectivity index (χ4n) is 11.9. The first-order valence-electron chi connectivity index (χ1n) is 26.0. The second-order valence-corrected chi connectivity index (χ2v) is 20.4. The standard InChI is InChI=1S/C60H68ClN3O7/c1-62(58(67)56(44-22-12-13-23-44)63(2)59(68)70-41-51-49-28-16-14-26-47(49)48-27-15-17-29-50(48)51)54(57(66)64-36-38-69-39-37-64)40-55(65)71-60(45-24-10-7-11-25-45,52-30-18-19-31-53(52)61)46-34-32-43(33-35-46)42-20-8-5-3-4-6-9-21-42/h7,10-11,14-19,24-35,42,44,51,54,56H,3-6,8-9,12-13,20-23,36-41H2,1-2H3/t54-,56-,60?/m0/s1. The monoisotopic (exact) mass is 977 g/mol. The van der Waals surface area contributed by atoms with Gasteiger partial charge in [-0.1, -0.05) is 184 Å². The Morgan fingerprint density at radius 2 is 1.21 bits per heavy atom. The Kier molecular flexibility index (Phi) is 16.2. The molecule has 5 aromatic carbocycles. The van der Waals surface area contributed by atoms with Crippen LogP contribution in [0.1, 0.15) is 129 Å². The summed E-state index contributed by atoms with van der Waals surface area (Å²) >= 11 is 7.14. The molecule has 0 radical (unpaired) electrons. The highest BCUT2D eigenvalue weighted by atomic mass is 35.5. The van der Waals surface area contributed by atoms with Gasteiger partial charge in [0.2, 0.25) is 11.8 Å². The molecule has 1 heterocycles. The number of rotatable bonds is 14. The highest BCUT2D eigenvalue weighted by Gasteiger charge is 2.46. The van der Waals surface area contributed by atoms with Crippen LogP contribution in [0.3, 0.4) is 0 Å². The van der Waals surface area contributed by atoms with E-state index in [2.05, 4.69) is 48.5 Å². The molecule has 3 fully saturated rings. The number of morpholine rings is 1. The lowest BCUT2D eigenvalue weighted by atomic mass is 9.78. The summed E-state index contributed by atoms with van der Waals surface area (Å²) in [6.45, 7) is 1.37. The molecule has 0 spiro atoms. The first-order valence-corrected chi connectivity index (χ1v) is 26.4. The van der Waals surface area contributed by atoms with Gasteiger partial charge in [-0.2, -0.15) is 0 Å². The largest absolute Gasteiger partial charge is 0.448 e. The fraction of sp³-hybridized carbons (Fsp3) is 0.433. The number of amides is 3. The van der Waals surface area contributed by atoms with Crippen molar-refractivity contribution < 1.29 is 33.4 Å². The van der Waals surface area contributed by atoms with Crippen molar-refractivity contribution in [1.82, 2.24) is 14.7 Å². The summed E-state index contributed by atoms with van der Waals surface area (Å²) in [4.78, 5) is 64.1. The molecule has 372 valence electrons. The van der Waals surface area contributed by atoms with Crippen molar-refractivity contribution in [2.24, 2.45) is 5.92 Å². The summed E-state index contributed by atoms with van der Waals surface area (Å²) in [7, 11) is 3.18. The lowest BCUT2D eigenvalue weighted by molar-refractivity contribution is -0.161. The maximum absolute atomic E-state index is 15.3. The van der Waals surface area contributed by atoms with Gasteiger partial charge < -0.3 is 24.0 Å². The molecule has 10 nitrogen and oxygen atoms in total. The third-order valence-corrected chi connectivity index (χ3v) is 16.1. The summed E-state index contributed by atoms with van der Waals surface area (Å²) in [6, 6.07) is 39.6. The molecule has 0 aromatic heterocycles. The van der Waals surface area contributed by atoms with Gasteiger partial charge in [0.15, 0.2) is 5.60 Å². The average Bonchev–Trinajstić information content (AvgIpc) is 4.09. The number of carbonyl (C=O) groups excluding carboxylic acids is 4. The smallest absolute Gasteiger partial charge is 0.410 e. The molecule has 0 N–H and O–H groups in total. The molecule has 4 aliphatic rings. The molecule has 0 bridgehead atoms. The minimum atomic E-state index is -1.53. The van der Waals surface area contributed by atoms with E-state index in [1.807, 2.05) is 72.8 Å². The highest BCUT2D eigenvalue weighted by Crippen LogP contribution is 2.46. The van der Waals surface area contributed by atoms with Crippen LogP contribution in [0.2, 0.25) is 5.02 Å². The Morgan fingerprint density at radius 3 is 1.85 bits per heavy atom. The van der Waals surface area contributed by atoms with E-state index < -0.39 is 48.0 Å². The summed E-state index contributed by atoms with van der Waals surface area (Å²) < 4.78 is 18.7. The van der Waals surface area contributed by atoms with Crippen molar-refractivity contribution in [2.45, 2.75) is 113 Å². The molecule has 9 rings (SSSR count). The second kappa shape index (κ2) is 23.1. The lowest BCUT2D eigenvalue weighted by Gasteiger charge is -2.39. The van der Waals surface area contributed by atoms with Crippen molar-refractivity contribution in [3.63, 3.8) is 0 Å². The topological polar surface area (TPSA) is 106 Å². The number of carbonyl (C=O) groups is 4. The number of hydrogen-bond acceptors (Lipinski definition) is 7. The molecule has 1 unspecified atom stereocenters. The first-order chi connectivity index (χ1) is 34.7. The van der Waals surface area contributed by atoms with Crippen LogP contribution in [0.15, 0.2) is 127 Å². The van der Waals surface area contributed by atoms with Gasteiger partial charge in [0.1, 0.15) is 18.7 Å². The Hall–Kier alpha value is -5.97. The number of hydrogen-bond donors (Lipinski definition) is 0. The van der Waals surface area contributed by atoms with Crippen molar-refractivity contribution in [3.8, 4) is 11.1 Å². The van der Waals surface area contributed by atoms with Crippen molar-refractivity contribution in [3.05, 3.63) is 166 Å². The van der Waals surface area contributed by atoms with E-state index in [0.29, 0.717) is 53.9 Å². The summed E-state index contributed by atoms with van der Waals surface area (Å²) in [6.07, 6.45) is 11.9. The van der Waals surface area contributed by atoms with Gasteiger partial charge in [-0.05, 0) is 71.4 Å². The van der Waals surface area contributed by atoms with Crippen molar-refractivity contribution in [2.75, 3.05) is 47.0 Å². The number of benzene rings is 5. The van der Waals surface area contributed by atoms with Crippen molar-refractivity contribution in [1.29, 1.82) is 0 Å². The number of nitrogens with zero attached hydrogens (tertiary/aromatic N) is 3. The number of likely N-dealkylation sites (N-methyl/N-ethyl adjacent to an activating group) is 2. The molecular weight excluding hydrogens is 910 g/mol. The first kappa shape index (κ1) is 50.0. The molecule has 11 heteroatoms. The van der Waals surface area contributed by atoms with E-state index in [0.717, 1.165) is 60.8 Å². The quantitative estimate of drug-likeness (QED) is 0.0806. The van der Waals surface area contributed by atoms with E-state index in [-0.39, 0.29) is 18.4 Å². The molecule has 3 amide bonds. The van der Waals surface area contributed by atoms with E-state index >= 15 is 9.59 Å². The van der Waals surface area contributed by atoms with E-state index in [1.54, 1.807) is 25.1 Å². The molecule has 5 aromatic rings. The maximum atomic E-state index is 15.3. The van der Waals surface area contributed by atoms with E-state index in [4.69, 9.17) is 25.8 Å². The van der Waals surface area contributed by atoms with Crippen LogP contribution in [0, 0.1) is 5.92 Å². The normalized spacial score (nSPS) is 18.4. The number of esters is 1. The van der Waals surface area contributed by atoms with Crippen LogP contribution >= 0.6 is 11.6 Å². The van der Waals surface area contributed by atoms with Crippen LogP contribution in [-0.2, 0) is 34.2 Å². The van der Waals surface area contributed by atoms with Crippen LogP contribution in [0.5, 0.6) is 0 Å². The Labute approximate surface area is 424 Å². The minimum Gasteiger partial charge on any atom is -0.448 e. The summed E-state index contributed by atoms with van der Waals surface area (Å²) in [5.74, 6) is -1.42. The van der Waals surface area contributed by atoms with Gasteiger partial charge in [0.25, 0.3) is 0 Å². The summed E-state index contributed by atoms with van der Waals surface area (Å²) in [5, 5.41) is 0.411. The molecule has 71 heavy (non-hydrogen) atoms. The molecule has 2 saturated carbocycles. The molecule has 1 aliphatic heterocycles. The van der Waals surface area contributed by atoms with Crippen LogP contribution < -0.4 is 0 Å². The SMILES string of the molecule is CN(C(=O)OCC1c2ccccc2-c2ccccc21)[C@H](C(=O)N(C)[C@@H](CC(=O)OC(c1ccccc1)(c1ccc(C2CCCCCCCC2)cc1)c1ccccc1Cl)C(=O)N1CCOCC1)C1CCCC1. The van der Waals surface area contributed by atoms with Gasteiger partial charge in [0, 0.05) is 54.8 Å². The zero-order valence-electron chi connectivity index (χ0n) is 41.3. The molecule has 3 atom stereocenters. The molecule has 1 saturated heterocycles. The predicted molar refractivity (Wildman–Crippen MR) is 277 cm³/mol. The zero-order chi connectivity index (χ0) is 49.3. The minimum absolute atomic E-state index is 0.0977. The third kappa shape index (κ3) is 10.8. The fourth-order valence-corrected chi connectivity index (χ4v) is 12.2. The predicted octanol–water partition coefficient (Wildman–Crippen LogP) is 11.9. The van der Waals surface area contributed by atoms with E-state index in [9.17, 15) is 9.59 Å². The van der Waals surface area contributed by atoms with Crippen LogP contribution in [0.4, 0.5) is 4.79 Å². The second-order valence-electron chi connectivity index (χ2n) is 20.0. The van der Waals surface area contributed by atoms with E-state index in [1.165, 1.54) is 53.9 Å². The average molecular weight is 979 g/mol. The highest BCUT2D eigenvalue weighted by molar-refractivity contribution is 6.31. The number of ether oxygens (including phenoxy) is 3. The molecular formula is C60H68ClN3O7. The number of fused-ring (bicyclic) bond motifs is 3. The Bertz CT molecular complexity index is 2570. The Morgan fingerprint density at radius 1 is 0.662 bits per heavy atom. The van der Waals surface area contributed by atoms with Gasteiger partial charge in [-0.15, -0.1) is 0 Å². The number of halogens is 1. The van der Waals surface area contributed by atoms with Gasteiger partial charge in [-0.25, -0.2) is 4.79 Å². The molecule has 3 aliphatic carbocycles. The lowest BCUT2D eigenvalue weighted by Crippen LogP contribution is -2.58. The maximum Gasteiger partial charge on any atom is 0.410 e. The van der Waals surface area contributed by atoms with Crippen LogP contribution in [0.25, 0.3) is 11.1 Å². The van der Waals surface area contributed by atoms with Gasteiger partial charge in [0.05, 0.1) is 19.6 Å². The van der Waals surface area contributed by atoms with Gasteiger partial charge in [-0.3, -0.25) is 19.3 Å². The summed E-state index contributed by atoms with van der Waals surface area (Å²) in [5.41, 5.74) is 6.12. The Balaban J connectivity index is 1.02.